The van der Waals surface area contributed by atoms with Gasteiger partial charge in [0.1, 0.15) is 5.82 Å². The second kappa shape index (κ2) is 11.1. The quantitative estimate of drug-likeness (QED) is 0.276. The molecule has 0 aliphatic rings. The number of anilines is 1. The molecule has 25 heavy (non-hydrogen) atoms. The molecule has 0 amide bonds. The highest BCUT2D eigenvalue weighted by atomic mass is 127. The van der Waals surface area contributed by atoms with Gasteiger partial charge in [-0.05, 0) is 31.0 Å². The van der Waals surface area contributed by atoms with E-state index in [-0.39, 0.29) is 24.0 Å². The lowest BCUT2D eigenvalue weighted by molar-refractivity contribution is 0.145. The molecule has 138 valence electrons. The van der Waals surface area contributed by atoms with Gasteiger partial charge < -0.3 is 20.7 Å². The molecule has 2 rings (SSSR count). The Balaban J connectivity index is 0.00000312. The van der Waals surface area contributed by atoms with Crippen molar-refractivity contribution in [3.63, 3.8) is 0 Å². The summed E-state index contributed by atoms with van der Waals surface area (Å²) in [5.74, 6) is 1.38. The number of rotatable bonds is 8. The van der Waals surface area contributed by atoms with Crippen LogP contribution in [0.4, 0.5) is 5.82 Å². The van der Waals surface area contributed by atoms with Crippen LogP contribution in [-0.4, -0.2) is 44.8 Å². The van der Waals surface area contributed by atoms with E-state index >= 15 is 0 Å². The Bertz CT molecular complexity index is 690. The first-order valence-corrected chi connectivity index (χ1v) is 8.29. The maximum atomic E-state index is 5.95. The Kier molecular flexibility index (Phi) is 9.51. The Labute approximate surface area is 166 Å². The molecule has 0 aliphatic carbocycles. The molecule has 0 unspecified atom stereocenters. The number of nitrogens with one attached hydrogen (secondary N) is 1. The molecule has 1 heterocycles. The minimum Gasteiger partial charge on any atom is -0.382 e. The zero-order chi connectivity index (χ0) is 17.4. The van der Waals surface area contributed by atoms with Gasteiger partial charge in [-0.1, -0.05) is 18.2 Å². The van der Waals surface area contributed by atoms with E-state index < -0.39 is 0 Å². The van der Waals surface area contributed by atoms with Gasteiger partial charge in [-0.25, -0.2) is 9.98 Å². The Morgan fingerprint density at radius 3 is 2.80 bits per heavy atom. The zero-order valence-electron chi connectivity index (χ0n) is 15.2. The van der Waals surface area contributed by atoms with Crippen LogP contribution < -0.4 is 16.0 Å². The van der Waals surface area contributed by atoms with Gasteiger partial charge in [0, 0.05) is 39.2 Å². The molecule has 1 aromatic carbocycles. The number of aliphatic imine (C=N–C) groups is 1. The van der Waals surface area contributed by atoms with E-state index in [1.54, 1.807) is 0 Å². The summed E-state index contributed by atoms with van der Waals surface area (Å²) in [5.41, 5.74) is 8.03. The summed E-state index contributed by atoms with van der Waals surface area (Å²) >= 11 is 0. The highest BCUT2D eigenvalue weighted by molar-refractivity contribution is 14.0. The number of para-hydroxylation sites is 1. The van der Waals surface area contributed by atoms with Crippen LogP contribution in [-0.2, 0) is 11.3 Å². The van der Waals surface area contributed by atoms with Gasteiger partial charge >= 0.3 is 0 Å². The molecule has 0 atom stereocenters. The van der Waals surface area contributed by atoms with Crippen molar-refractivity contribution in [1.82, 2.24) is 10.3 Å². The fraction of sp³-hybridized carbons (Fsp3) is 0.444. The summed E-state index contributed by atoms with van der Waals surface area (Å²) < 4.78 is 5.30. The summed E-state index contributed by atoms with van der Waals surface area (Å²) in [4.78, 5) is 11.1. The lowest BCUT2D eigenvalue weighted by atomic mass is 10.1. The van der Waals surface area contributed by atoms with Crippen LogP contribution in [0.1, 0.15) is 18.9 Å². The fourth-order valence-electron chi connectivity index (χ4n) is 2.35. The van der Waals surface area contributed by atoms with E-state index in [0.29, 0.717) is 12.5 Å². The molecule has 1 aromatic heterocycles. The fourth-order valence-corrected chi connectivity index (χ4v) is 2.35. The van der Waals surface area contributed by atoms with Crippen LogP contribution in [0.5, 0.6) is 0 Å². The molecule has 0 spiro atoms. The molecule has 6 nitrogen and oxygen atoms in total. The van der Waals surface area contributed by atoms with Gasteiger partial charge in [-0.3, -0.25) is 0 Å². The second-order valence-corrected chi connectivity index (χ2v) is 5.73. The van der Waals surface area contributed by atoms with E-state index in [9.17, 15) is 0 Å². The molecule has 2 aromatic rings. The van der Waals surface area contributed by atoms with Crippen LogP contribution in [0.2, 0.25) is 0 Å². The van der Waals surface area contributed by atoms with E-state index in [1.807, 2.05) is 44.1 Å². The third-order valence-corrected chi connectivity index (χ3v) is 3.64. The average molecular weight is 457 g/mol. The number of nitrogens with two attached hydrogens (primary N) is 1. The average Bonchev–Trinajstić information content (AvgIpc) is 2.59. The van der Waals surface area contributed by atoms with E-state index in [4.69, 9.17) is 10.5 Å². The Morgan fingerprint density at radius 1 is 1.32 bits per heavy atom. The molecule has 0 bridgehead atoms. The van der Waals surface area contributed by atoms with Gasteiger partial charge in [0.2, 0.25) is 0 Å². The molecule has 0 radical (unpaired) electrons. The predicted octanol–water partition coefficient (Wildman–Crippen LogP) is 2.75. The summed E-state index contributed by atoms with van der Waals surface area (Å²) in [7, 11) is 3.97. The number of pyridine rings is 1. The van der Waals surface area contributed by atoms with Crippen molar-refractivity contribution < 1.29 is 4.74 Å². The number of halogens is 1. The number of aromatic nitrogens is 1. The van der Waals surface area contributed by atoms with Crippen LogP contribution >= 0.6 is 24.0 Å². The van der Waals surface area contributed by atoms with Crippen molar-refractivity contribution in [3.8, 4) is 0 Å². The summed E-state index contributed by atoms with van der Waals surface area (Å²) in [5, 5.41) is 4.23. The monoisotopic (exact) mass is 457 g/mol. The van der Waals surface area contributed by atoms with Crippen LogP contribution in [0.3, 0.4) is 0 Å². The molecular weight excluding hydrogens is 429 g/mol. The highest BCUT2D eigenvalue weighted by Crippen LogP contribution is 2.22. The number of benzene rings is 1. The van der Waals surface area contributed by atoms with Gasteiger partial charge in [-0.15, -0.1) is 24.0 Å². The molecule has 0 fully saturated rings. The molecule has 0 saturated heterocycles. The minimum absolute atomic E-state index is 0. The Morgan fingerprint density at radius 2 is 2.08 bits per heavy atom. The molecule has 0 aliphatic heterocycles. The molecule has 7 heteroatoms. The summed E-state index contributed by atoms with van der Waals surface area (Å²) in [6, 6.07) is 10.2. The molecule has 0 saturated carbocycles. The van der Waals surface area contributed by atoms with E-state index in [1.165, 1.54) is 0 Å². The number of guanidine groups is 1. The molecule has 3 N–H and O–H groups in total. The minimum atomic E-state index is 0. The topological polar surface area (TPSA) is 75.8 Å². The lowest BCUT2D eigenvalue weighted by Crippen LogP contribution is -2.32. The van der Waals surface area contributed by atoms with Gasteiger partial charge in [-0.2, -0.15) is 0 Å². The normalized spacial score (nSPS) is 11.2. The van der Waals surface area contributed by atoms with Crippen molar-refractivity contribution in [2.75, 3.05) is 38.8 Å². The van der Waals surface area contributed by atoms with Crippen molar-refractivity contribution in [2.45, 2.75) is 19.9 Å². The van der Waals surface area contributed by atoms with Crippen LogP contribution in [0.15, 0.2) is 35.3 Å². The predicted molar refractivity (Wildman–Crippen MR) is 116 cm³/mol. The number of hydrogen-bond donors (Lipinski definition) is 2. The van der Waals surface area contributed by atoms with E-state index in [2.05, 4.69) is 27.4 Å². The van der Waals surface area contributed by atoms with Crippen molar-refractivity contribution in [1.29, 1.82) is 0 Å². The third-order valence-electron chi connectivity index (χ3n) is 3.64. The number of fused-ring (bicyclic) bond motifs is 1. The smallest absolute Gasteiger partial charge is 0.188 e. The zero-order valence-corrected chi connectivity index (χ0v) is 17.5. The maximum Gasteiger partial charge on any atom is 0.188 e. The third kappa shape index (κ3) is 6.66. The Hall–Kier alpha value is -1.61. The van der Waals surface area contributed by atoms with Crippen molar-refractivity contribution in [2.24, 2.45) is 10.7 Å². The first kappa shape index (κ1) is 21.4. The number of nitrogens with zero attached hydrogens (tertiary/aromatic N) is 3. The second-order valence-electron chi connectivity index (χ2n) is 5.73. The lowest BCUT2D eigenvalue weighted by Gasteiger charge is -2.14. The van der Waals surface area contributed by atoms with Gasteiger partial charge in [0.15, 0.2) is 5.96 Å². The van der Waals surface area contributed by atoms with E-state index in [0.717, 1.165) is 48.5 Å². The van der Waals surface area contributed by atoms with Gasteiger partial charge in [0.25, 0.3) is 0 Å². The van der Waals surface area contributed by atoms with Crippen molar-refractivity contribution >= 4 is 46.7 Å². The summed E-state index contributed by atoms with van der Waals surface area (Å²) in [6.45, 7) is 4.75. The largest absolute Gasteiger partial charge is 0.382 e. The molecular formula is C18H28IN5O. The number of hydrogen-bond acceptors (Lipinski definition) is 4. The first-order chi connectivity index (χ1) is 11.6. The van der Waals surface area contributed by atoms with Gasteiger partial charge in [0.05, 0.1) is 12.1 Å². The number of ether oxygens (including phenoxy) is 1. The summed E-state index contributed by atoms with van der Waals surface area (Å²) in [6.07, 6.45) is 0.910. The standard InChI is InChI=1S/C18H27N5O.HI/c1-4-24-11-7-10-20-18(19)21-13-14-12-17(23(2)3)22-16-9-6-5-8-15(14)16;/h5-6,8-9,12H,4,7,10-11,13H2,1-3H3,(H3,19,20,21);1H. The van der Waals surface area contributed by atoms with Crippen LogP contribution in [0, 0.1) is 0 Å². The maximum absolute atomic E-state index is 5.95. The van der Waals surface area contributed by atoms with Crippen LogP contribution in [0.25, 0.3) is 10.9 Å². The first-order valence-electron chi connectivity index (χ1n) is 8.29. The van der Waals surface area contributed by atoms with Crippen molar-refractivity contribution in [3.05, 3.63) is 35.9 Å². The SMILES string of the molecule is CCOCCCNC(N)=NCc1cc(N(C)C)nc2ccccc12.I. The highest BCUT2D eigenvalue weighted by Gasteiger charge is 2.06.